The summed E-state index contributed by atoms with van der Waals surface area (Å²) in [5, 5.41) is 31.6. The highest BCUT2D eigenvalue weighted by atomic mass is 16.9. The average molecular weight is 366 g/mol. The van der Waals surface area contributed by atoms with Gasteiger partial charge in [-0.1, -0.05) is 24.3 Å². The Morgan fingerprint density at radius 2 is 1.12 bits per heavy atom. The van der Waals surface area contributed by atoms with Crippen LogP contribution < -0.4 is 19.9 Å². The second-order valence-electron chi connectivity index (χ2n) is 5.27. The highest BCUT2D eigenvalue weighted by Gasteiger charge is 2.11. The number of aliphatic hydroxyl groups is 1. The van der Waals surface area contributed by atoms with Crippen LogP contribution in [0.4, 0.5) is 0 Å². The standard InChI is InChI=1S/C17H22N2O7/c1-23-18(21)11-25-15-7-3-13(4-8-15)17(20)14-5-9-16(10-6-14)26-12-19(22)24-2/h3-10,17-20H,11-12H2,1-2H3. The molecule has 0 fully saturated rings. The van der Waals surface area contributed by atoms with Crippen molar-refractivity contribution < 1.29 is 34.7 Å². The van der Waals surface area contributed by atoms with Gasteiger partial charge < -0.3 is 25.0 Å². The van der Waals surface area contributed by atoms with Gasteiger partial charge in [0.15, 0.2) is 0 Å². The summed E-state index contributed by atoms with van der Waals surface area (Å²) in [6, 6.07) is 13.5. The Morgan fingerprint density at radius 3 is 1.42 bits per heavy atom. The molecule has 9 heteroatoms. The molecule has 0 saturated carbocycles. The van der Waals surface area contributed by atoms with Crippen molar-refractivity contribution in [3.8, 4) is 11.5 Å². The topological polar surface area (TPSA) is 112 Å². The van der Waals surface area contributed by atoms with Gasteiger partial charge in [-0.25, -0.2) is 9.68 Å². The highest BCUT2D eigenvalue weighted by molar-refractivity contribution is 5.36. The Kier molecular flexibility index (Phi) is 7.75. The number of hydrogen-bond donors (Lipinski definition) is 3. The predicted molar refractivity (Wildman–Crippen MR) is 90.6 cm³/mol. The third kappa shape index (κ3) is 5.93. The summed E-state index contributed by atoms with van der Waals surface area (Å²) in [6.45, 7) is -0.350. The fourth-order valence-electron chi connectivity index (χ4n) is 2.09. The van der Waals surface area contributed by atoms with E-state index in [1.807, 2.05) is 0 Å². The minimum absolute atomic E-state index is 0.175. The van der Waals surface area contributed by atoms with Crippen molar-refractivity contribution in [1.82, 2.24) is 0 Å². The average Bonchev–Trinajstić information content (AvgIpc) is 2.70. The number of rotatable bonds is 10. The van der Waals surface area contributed by atoms with E-state index in [1.54, 1.807) is 48.5 Å². The van der Waals surface area contributed by atoms with Gasteiger partial charge in [-0.15, -0.1) is 0 Å². The van der Waals surface area contributed by atoms with Gasteiger partial charge in [0.05, 0.1) is 14.2 Å². The first-order chi connectivity index (χ1) is 12.5. The molecule has 26 heavy (non-hydrogen) atoms. The van der Waals surface area contributed by atoms with Gasteiger partial charge in [-0.3, -0.25) is 0 Å². The molecule has 142 valence electrons. The van der Waals surface area contributed by atoms with E-state index in [0.29, 0.717) is 22.6 Å². The zero-order valence-electron chi connectivity index (χ0n) is 14.5. The summed E-state index contributed by atoms with van der Waals surface area (Å²) >= 11 is 0. The Labute approximate surface area is 150 Å². The normalized spacial score (nSPS) is 14.5. The summed E-state index contributed by atoms with van der Waals surface area (Å²) < 4.78 is 10.5. The maximum absolute atomic E-state index is 11.1. The molecule has 0 aromatic heterocycles. The lowest BCUT2D eigenvalue weighted by atomic mass is 10.0. The fraction of sp³-hybridized carbons (Fsp3) is 0.294. The Balaban J connectivity index is 1.94. The summed E-state index contributed by atoms with van der Waals surface area (Å²) in [6.07, 6.45) is -0.834. The Hall–Kier alpha value is -2.24. The molecular weight excluding hydrogens is 344 g/mol. The zero-order valence-corrected chi connectivity index (χ0v) is 14.5. The van der Waals surface area contributed by atoms with E-state index >= 15 is 0 Å². The minimum atomic E-state index is -0.834. The van der Waals surface area contributed by atoms with Crippen molar-refractivity contribution >= 4 is 0 Å². The molecule has 0 heterocycles. The quantitative estimate of drug-likeness (QED) is 0.378. The van der Waals surface area contributed by atoms with Gasteiger partial charge in [0.1, 0.15) is 17.6 Å². The van der Waals surface area contributed by atoms with Gasteiger partial charge in [0.25, 0.3) is 13.5 Å². The Bertz CT molecular complexity index is 594. The number of benzene rings is 2. The van der Waals surface area contributed by atoms with Crippen LogP contribution in [0.15, 0.2) is 48.5 Å². The third-order valence-corrected chi connectivity index (χ3v) is 3.56. The second-order valence-corrected chi connectivity index (χ2v) is 5.27. The second kappa shape index (κ2) is 10.0. The summed E-state index contributed by atoms with van der Waals surface area (Å²) in [7, 11) is 2.58. The lowest BCUT2D eigenvalue weighted by molar-refractivity contribution is -1.06. The van der Waals surface area contributed by atoms with E-state index in [9.17, 15) is 15.5 Å². The smallest absolute Gasteiger partial charge is 0.251 e. The van der Waals surface area contributed by atoms with Crippen molar-refractivity contribution in [2.75, 3.05) is 27.7 Å². The minimum Gasteiger partial charge on any atom is -0.597 e. The molecule has 0 saturated heterocycles. The SMILES string of the molecule is CO[NH+]([O-])COc1ccc(C(O)c2ccc(OC[NH+]([O-])OC)cc2)cc1. The maximum Gasteiger partial charge on any atom is 0.251 e. The molecular formula is C17H22N2O7. The van der Waals surface area contributed by atoms with Crippen LogP contribution in [0.1, 0.15) is 17.2 Å². The van der Waals surface area contributed by atoms with Gasteiger partial charge in [-0.05, 0) is 35.4 Å². The van der Waals surface area contributed by atoms with E-state index in [2.05, 4.69) is 9.68 Å². The first-order valence-electron chi connectivity index (χ1n) is 7.80. The summed E-state index contributed by atoms with van der Waals surface area (Å²) in [5.74, 6) is 0.996. The largest absolute Gasteiger partial charge is 0.597 e. The van der Waals surface area contributed by atoms with Crippen LogP contribution in [-0.2, 0) is 9.68 Å². The maximum atomic E-state index is 11.1. The molecule has 2 rings (SSSR count). The highest BCUT2D eigenvalue weighted by Crippen LogP contribution is 2.25. The van der Waals surface area contributed by atoms with Crippen LogP contribution in [0.3, 0.4) is 0 Å². The lowest BCUT2D eigenvalue weighted by Gasteiger charge is -2.18. The first kappa shape index (κ1) is 20.1. The number of aliphatic hydroxyl groups excluding tert-OH is 1. The van der Waals surface area contributed by atoms with E-state index in [4.69, 9.17) is 9.47 Å². The number of nitrogens with one attached hydrogen (secondary N) is 2. The van der Waals surface area contributed by atoms with E-state index in [0.717, 1.165) is 0 Å². The van der Waals surface area contributed by atoms with Gasteiger partial charge in [0, 0.05) is 0 Å². The molecule has 2 unspecified atom stereocenters. The molecule has 0 amide bonds. The van der Waals surface area contributed by atoms with Crippen LogP contribution in [0.5, 0.6) is 11.5 Å². The van der Waals surface area contributed by atoms with Crippen LogP contribution in [0.25, 0.3) is 0 Å². The number of hydroxylamine groups is 4. The number of hydrogen-bond acceptors (Lipinski definition) is 7. The van der Waals surface area contributed by atoms with Crippen molar-refractivity contribution in [2.45, 2.75) is 6.10 Å². The van der Waals surface area contributed by atoms with Crippen molar-refractivity contribution in [3.05, 3.63) is 70.1 Å². The predicted octanol–water partition coefficient (Wildman–Crippen LogP) is -0.671. The third-order valence-electron chi connectivity index (χ3n) is 3.56. The molecule has 0 radical (unpaired) electrons. The van der Waals surface area contributed by atoms with Crippen LogP contribution in [0.2, 0.25) is 0 Å². The monoisotopic (exact) mass is 366 g/mol. The van der Waals surface area contributed by atoms with Crippen LogP contribution in [0, 0.1) is 10.4 Å². The van der Waals surface area contributed by atoms with Crippen LogP contribution >= 0.6 is 0 Å². The molecule has 0 spiro atoms. The molecule has 0 aliphatic carbocycles. The lowest BCUT2D eigenvalue weighted by Crippen LogP contribution is -3.06. The molecule has 0 aliphatic rings. The van der Waals surface area contributed by atoms with Gasteiger partial charge in [0.2, 0.25) is 0 Å². The van der Waals surface area contributed by atoms with E-state index in [1.165, 1.54) is 14.2 Å². The molecule has 2 aromatic rings. The molecule has 2 aromatic carbocycles. The van der Waals surface area contributed by atoms with E-state index in [-0.39, 0.29) is 13.5 Å². The fourth-order valence-corrected chi connectivity index (χ4v) is 2.09. The molecule has 0 aliphatic heterocycles. The van der Waals surface area contributed by atoms with Gasteiger partial charge >= 0.3 is 0 Å². The van der Waals surface area contributed by atoms with Gasteiger partial charge in [-0.2, -0.15) is 10.5 Å². The molecule has 9 nitrogen and oxygen atoms in total. The molecule has 0 bridgehead atoms. The molecule has 3 N–H and O–H groups in total. The number of ether oxygens (including phenoxy) is 2. The van der Waals surface area contributed by atoms with Crippen molar-refractivity contribution in [3.63, 3.8) is 0 Å². The zero-order chi connectivity index (χ0) is 18.9. The molecule has 2 atom stereocenters. The van der Waals surface area contributed by atoms with E-state index < -0.39 is 16.6 Å². The van der Waals surface area contributed by atoms with Crippen LogP contribution in [-0.4, -0.2) is 32.8 Å². The Morgan fingerprint density at radius 1 is 0.769 bits per heavy atom. The summed E-state index contributed by atoms with van der Waals surface area (Å²) in [4.78, 5) is 9.00. The van der Waals surface area contributed by atoms with Crippen molar-refractivity contribution in [1.29, 1.82) is 0 Å². The summed E-state index contributed by atoms with van der Waals surface area (Å²) in [5.41, 5.74) is 1.33. The number of quaternary nitrogens is 2. The van der Waals surface area contributed by atoms with Crippen molar-refractivity contribution in [2.24, 2.45) is 0 Å². The first-order valence-corrected chi connectivity index (χ1v) is 7.80.